The van der Waals surface area contributed by atoms with Gasteiger partial charge in [0.25, 0.3) is 0 Å². The summed E-state index contributed by atoms with van der Waals surface area (Å²) in [6.45, 7) is 2.28. The predicted octanol–water partition coefficient (Wildman–Crippen LogP) is 4.02. The van der Waals surface area contributed by atoms with Crippen molar-refractivity contribution in [2.75, 3.05) is 30.2 Å². The number of aliphatic imine (C=N–C) groups is 1. The van der Waals surface area contributed by atoms with Crippen LogP contribution in [0.1, 0.15) is 24.0 Å². The molecule has 2 aliphatic rings. The van der Waals surface area contributed by atoms with Crippen molar-refractivity contribution < 1.29 is 13.0 Å². The van der Waals surface area contributed by atoms with Crippen molar-refractivity contribution >= 4 is 33.5 Å². The summed E-state index contributed by atoms with van der Waals surface area (Å²) >= 11 is 0. The Morgan fingerprint density at radius 3 is 2.76 bits per heavy atom. The first kappa shape index (κ1) is 18.4. The first-order valence-corrected chi connectivity index (χ1v) is 11.4. The summed E-state index contributed by atoms with van der Waals surface area (Å²) in [5.74, 6) is 1.21. The molecule has 1 aromatic heterocycles. The Morgan fingerprint density at radius 1 is 1.21 bits per heavy atom. The molecule has 5 nitrogen and oxygen atoms in total. The number of amidine groups is 1. The summed E-state index contributed by atoms with van der Waals surface area (Å²) in [6.07, 6.45) is 4.73. The van der Waals surface area contributed by atoms with E-state index in [0.29, 0.717) is 5.76 Å². The standard InChI is InChI=1S/C22H22FN3O2S/c1-29(27)26-11-3-2-4-15-12-17-19(13-18(15)26)28-21(14-5-7-16(23)8-6-14)20(17)22-24-9-10-25-22/h5-8,12-13H,2-4,9-11H2,1H3,(H,24,25). The van der Waals surface area contributed by atoms with Crippen LogP contribution in [0.4, 0.5) is 10.1 Å². The van der Waals surface area contributed by atoms with Crippen molar-refractivity contribution in [1.29, 1.82) is 0 Å². The zero-order valence-corrected chi connectivity index (χ0v) is 17.0. The minimum absolute atomic E-state index is 0.282. The van der Waals surface area contributed by atoms with Crippen molar-refractivity contribution in [2.24, 2.45) is 4.99 Å². The van der Waals surface area contributed by atoms with Gasteiger partial charge in [0.2, 0.25) is 0 Å². The van der Waals surface area contributed by atoms with E-state index in [1.807, 2.05) is 10.4 Å². The first-order valence-electron chi connectivity index (χ1n) is 9.87. The Hall–Kier alpha value is -2.67. The Bertz CT molecular complexity index is 1140. The largest absolute Gasteiger partial charge is 0.455 e. The molecule has 2 aromatic carbocycles. The third-order valence-corrected chi connectivity index (χ3v) is 6.54. The van der Waals surface area contributed by atoms with Crippen molar-refractivity contribution in [2.45, 2.75) is 19.3 Å². The minimum atomic E-state index is -1.09. The number of aryl methyl sites for hydroxylation is 1. The van der Waals surface area contributed by atoms with Gasteiger partial charge in [-0.25, -0.2) is 8.60 Å². The molecule has 0 spiro atoms. The number of nitrogens with zero attached hydrogens (tertiary/aromatic N) is 2. The zero-order valence-electron chi connectivity index (χ0n) is 16.2. The average Bonchev–Trinajstić information content (AvgIpc) is 3.29. The van der Waals surface area contributed by atoms with Crippen LogP contribution in [0, 0.1) is 5.82 Å². The first-order chi connectivity index (χ1) is 14.1. The van der Waals surface area contributed by atoms with E-state index in [4.69, 9.17) is 4.42 Å². The van der Waals surface area contributed by atoms with E-state index < -0.39 is 11.0 Å². The van der Waals surface area contributed by atoms with Crippen LogP contribution in [0.2, 0.25) is 0 Å². The second-order valence-electron chi connectivity index (χ2n) is 7.43. The molecule has 3 heterocycles. The second kappa shape index (κ2) is 7.30. The topological polar surface area (TPSA) is 57.8 Å². The monoisotopic (exact) mass is 411 g/mol. The highest BCUT2D eigenvalue weighted by Gasteiger charge is 2.26. The summed E-state index contributed by atoms with van der Waals surface area (Å²) in [5.41, 5.74) is 4.60. The second-order valence-corrected chi connectivity index (χ2v) is 8.72. The Kier molecular flexibility index (Phi) is 4.62. The number of rotatable bonds is 3. The van der Waals surface area contributed by atoms with Gasteiger partial charge in [0.05, 0.1) is 17.8 Å². The molecule has 150 valence electrons. The lowest BCUT2D eigenvalue weighted by molar-refractivity contribution is 0.623. The number of hydrogen-bond donors (Lipinski definition) is 1. The SMILES string of the molecule is CS(=O)N1CCCCc2cc3c(C4=NCCN4)c(-c4ccc(F)cc4)oc3cc21. The Balaban J connectivity index is 1.76. The van der Waals surface area contributed by atoms with Crippen LogP contribution in [0.3, 0.4) is 0 Å². The van der Waals surface area contributed by atoms with Crippen molar-refractivity contribution in [3.63, 3.8) is 0 Å². The molecule has 3 aromatic rings. The number of benzene rings is 2. The van der Waals surface area contributed by atoms with Gasteiger partial charge in [0.15, 0.2) is 0 Å². The Morgan fingerprint density at radius 2 is 2.03 bits per heavy atom. The molecule has 0 fully saturated rings. The van der Waals surface area contributed by atoms with Gasteiger partial charge in [-0.1, -0.05) is 0 Å². The molecule has 5 rings (SSSR count). The maximum atomic E-state index is 13.5. The van der Waals surface area contributed by atoms with Gasteiger partial charge in [-0.2, -0.15) is 0 Å². The third kappa shape index (κ3) is 3.23. The molecular formula is C22H22FN3O2S. The van der Waals surface area contributed by atoms with E-state index in [0.717, 1.165) is 72.5 Å². The maximum Gasteiger partial charge on any atom is 0.146 e. The van der Waals surface area contributed by atoms with E-state index in [1.165, 1.54) is 17.7 Å². The van der Waals surface area contributed by atoms with E-state index in [1.54, 1.807) is 18.4 Å². The number of fused-ring (bicyclic) bond motifs is 2. The number of nitrogens with one attached hydrogen (secondary N) is 1. The fourth-order valence-electron chi connectivity index (χ4n) is 4.17. The van der Waals surface area contributed by atoms with Crippen molar-refractivity contribution in [1.82, 2.24) is 5.32 Å². The summed E-state index contributed by atoms with van der Waals surface area (Å²) in [5, 5.41) is 4.34. The van der Waals surface area contributed by atoms with E-state index in [2.05, 4.69) is 16.4 Å². The smallest absolute Gasteiger partial charge is 0.146 e. The molecular weight excluding hydrogens is 389 g/mol. The summed E-state index contributed by atoms with van der Waals surface area (Å²) in [7, 11) is -1.09. The van der Waals surface area contributed by atoms with Gasteiger partial charge in [-0.15, -0.1) is 0 Å². The van der Waals surface area contributed by atoms with E-state index in [-0.39, 0.29) is 5.82 Å². The third-order valence-electron chi connectivity index (χ3n) is 5.54. The predicted molar refractivity (Wildman–Crippen MR) is 115 cm³/mol. The van der Waals surface area contributed by atoms with Crippen LogP contribution >= 0.6 is 0 Å². The normalized spacial score (nSPS) is 17.6. The van der Waals surface area contributed by atoms with Gasteiger partial charge in [0, 0.05) is 36.4 Å². The van der Waals surface area contributed by atoms with Gasteiger partial charge < -0.3 is 9.73 Å². The minimum Gasteiger partial charge on any atom is -0.455 e. The maximum absolute atomic E-state index is 13.5. The Labute approximate surface area is 171 Å². The molecule has 0 saturated carbocycles. The molecule has 1 unspecified atom stereocenters. The lowest BCUT2D eigenvalue weighted by atomic mass is 10.0. The number of halogens is 1. The van der Waals surface area contributed by atoms with Crippen LogP contribution in [-0.2, 0) is 17.4 Å². The zero-order chi connectivity index (χ0) is 20.0. The molecule has 2 aliphatic heterocycles. The molecule has 7 heteroatoms. The van der Waals surface area contributed by atoms with Crippen LogP contribution < -0.4 is 9.62 Å². The number of furan rings is 1. The molecule has 1 N–H and O–H groups in total. The fourth-order valence-corrected chi connectivity index (χ4v) is 5.01. The van der Waals surface area contributed by atoms with Crippen molar-refractivity contribution in [3.8, 4) is 11.3 Å². The highest BCUT2D eigenvalue weighted by Crippen LogP contribution is 2.39. The molecule has 0 bridgehead atoms. The van der Waals surface area contributed by atoms with Gasteiger partial charge in [-0.3, -0.25) is 9.30 Å². The van der Waals surface area contributed by atoms with Crippen LogP contribution in [0.25, 0.3) is 22.3 Å². The molecule has 0 saturated heterocycles. The van der Waals surface area contributed by atoms with E-state index >= 15 is 0 Å². The molecule has 1 atom stereocenters. The number of hydrogen-bond acceptors (Lipinski definition) is 4. The molecule has 29 heavy (non-hydrogen) atoms. The van der Waals surface area contributed by atoms with Gasteiger partial charge >= 0.3 is 0 Å². The van der Waals surface area contributed by atoms with Gasteiger partial charge in [0.1, 0.15) is 34.0 Å². The van der Waals surface area contributed by atoms with Crippen LogP contribution in [0.15, 0.2) is 45.8 Å². The van der Waals surface area contributed by atoms with Crippen LogP contribution in [0.5, 0.6) is 0 Å². The summed E-state index contributed by atoms with van der Waals surface area (Å²) < 4.78 is 34.1. The van der Waals surface area contributed by atoms with Crippen LogP contribution in [-0.4, -0.2) is 35.9 Å². The quantitative estimate of drug-likeness (QED) is 0.708. The highest BCUT2D eigenvalue weighted by atomic mass is 32.2. The summed E-state index contributed by atoms with van der Waals surface area (Å²) in [4.78, 5) is 4.62. The molecule has 0 aliphatic carbocycles. The summed E-state index contributed by atoms with van der Waals surface area (Å²) in [6, 6.07) is 10.5. The van der Waals surface area contributed by atoms with E-state index in [9.17, 15) is 8.60 Å². The lowest BCUT2D eigenvalue weighted by Gasteiger charge is -2.21. The van der Waals surface area contributed by atoms with Gasteiger partial charge in [-0.05, 0) is 55.2 Å². The average molecular weight is 412 g/mol. The number of anilines is 1. The molecule has 0 amide bonds. The molecule has 0 radical (unpaired) electrons. The highest BCUT2D eigenvalue weighted by molar-refractivity contribution is 7.85. The van der Waals surface area contributed by atoms with Crippen molar-refractivity contribution in [3.05, 3.63) is 53.3 Å². The lowest BCUT2D eigenvalue weighted by Crippen LogP contribution is -2.25. The fraction of sp³-hybridized carbons (Fsp3) is 0.318.